The molecule has 0 saturated heterocycles. The van der Waals surface area contributed by atoms with Crippen molar-refractivity contribution in [1.82, 2.24) is 0 Å². The molecule has 3 unspecified atom stereocenters. The molecule has 2 N–H and O–H groups in total. The first-order chi connectivity index (χ1) is 37.2. The first-order valence-electron chi connectivity index (χ1n) is 29.4. The number of carbonyl (C=O) groups excluding carboxylic acids is 3. The number of phosphoric ester groups is 1. The molecule has 0 aliphatic carbocycles. The maximum absolute atomic E-state index is 12.9. The van der Waals surface area contributed by atoms with Gasteiger partial charge in [-0.15, -0.1) is 0 Å². The van der Waals surface area contributed by atoms with Crippen LogP contribution >= 0.6 is 7.82 Å². The van der Waals surface area contributed by atoms with E-state index in [4.69, 9.17) is 23.3 Å². The molecule has 0 rings (SSSR count). The number of carbonyl (C=O) groups is 3. The fourth-order valence-corrected chi connectivity index (χ4v) is 8.19. The van der Waals surface area contributed by atoms with Crippen LogP contribution in [0.1, 0.15) is 226 Å². The molecule has 0 aromatic rings. The largest absolute Gasteiger partial charge is 0.472 e. The Morgan fingerprint density at radius 2 is 0.737 bits per heavy atom. The third-order valence-electron chi connectivity index (χ3n) is 11.9. The molecular formula is C64H105O11P. The van der Waals surface area contributed by atoms with Crippen molar-refractivity contribution in [2.45, 2.75) is 238 Å². The SMILES string of the molecule is CC/C=C\C/C=C\C/C=C\C/C=C\C/C=C\CC(=O)OC(CO)COP(=O)(O)OCC(COC(=O)CCCCCCC/C=C\C/C=C\CCCCC)OC(=O)CCCCCCCC/C=C\C/C=C\C/C=C\CCCCC. The summed E-state index contributed by atoms with van der Waals surface area (Å²) in [6.07, 6.45) is 70.4. The van der Waals surface area contributed by atoms with E-state index < -0.39 is 57.8 Å². The van der Waals surface area contributed by atoms with Crippen LogP contribution in [0.4, 0.5) is 0 Å². The fourth-order valence-electron chi connectivity index (χ4n) is 7.41. The molecule has 3 atom stereocenters. The number of hydrogen-bond donors (Lipinski definition) is 2. The molecule has 76 heavy (non-hydrogen) atoms. The van der Waals surface area contributed by atoms with Gasteiger partial charge in [0.25, 0.3) is 0 Å². The van der Waals surface area contributed by atoms with Gasteiger partial charge in [-0.2, -0.15) is 0 Å². The van der Waals surface area contributed by atoms with Gasteiger partial charge in [-0.05, 0) is 116 Å². The first kappa shape index (κ1) is 71.9. The van der Waals surface area contributed by atoms with Gasteiger partial charge < -0.3 is 24.2 Å². The summed E-state index contributed by atoms with van der Waals surface area (Å²) < 4.78 is 39.4. The lowest BCUT2D eigenvalue weighted by Crippen LogP contribution is -2.30. The van der Waals surface area contributed by atoms with E-state index in [1.54, 1.807) is 6.08 Å². The van der Waals surface area contributed by atoms with E-state index in [0.29, 0.717) is 19.3 Å². The van der Waals surface area contributed by atoms with Gasteiger partial charge in [0, 0.05) is 12.8 Å². The summed E-state index contributed by atoms with van der Waals surface area (Å²) in [5.41, 5.74) is 0. The van der Waals surface area contributed by atoms with Crippen molar-refractivity contribution >= 4 is 25.7 Å². The van der Waals surface area contributed by atoms with Crippen LogP contribution in [-0.4, -0.2) is 66.5 Å². The molecule has 0 aromatic carbocycles. The number of aliphatic hydroxyl groups is 1. The highest BCUT2D eigenvalue weighted by molar-refractivity contribution is 7.47. The second-order valence-electron chi connectivity index (χ2n) is 19.1. The average molecular weight is 1080 g/mol. The van der Waals surface area contributed by atoms with E-state index in [-0.39, 0.29) is 25.9 Å². The molecule has 0 spiro atoms. The van der Waals surface area contributed by atoms with Crippen LogP contribution in [0.2, 0.25) is 0 Å². The maximum atomic E-state index is 12.9. The third kappa shape index (κ3) is 54.7. The van der Waals surface area contributed by atoms with Gasteiger partial charge in [0.2, 0.25) is 0 Å². The van der Waals surface area contributed by atoms with E-state index in [0.717, 1.165) is 122 Å². The fraction of sp³-hybridized carbons (Fsp3) is 0.641. The van der Waals surface area contributed by atoms with E-state index in [1.165, 1.54) is 44.9 Å². The summed E-state index contributed by atoms with van der Waals surface area (Å²) >= 11 is 0. The van der Waals surface area contributed by atoms with Gasteiger partial charge in [0.15, 0.2) is 6.10 Å². The van der Waals surface area contributed by atoms with Crippen molar-refractivity contribution in [3.63, 3.8) is 0 Å². The average Bonchev–Trinajstić information content (AvgIpc) is 3.41. The van der Waals surface area contributed by atoms with Gasteiger partial charge in [-0.1, -0.05) is 213 Å². The minimum atomic E-state index is -4.79. The molecule has 0 aromatic heterocycles. The highest BCUT2D eigenvalue weighted by atomic mass is 31.2. The number of unbranched alkanes of at least 4 members (excludes halogenated alkanes) is 17. The van der Waals surface area contributed by atoms with E-state index in [1.807, 2.05) is 18.2 Å². The van der Waals surface area contributed by atoms with Gasteiger partial charge in [-0.25, -0.2) is 4.57 Å². The van der Waals surface area contributed by atoms with Crippen LogP contribution in [0.15, 0.2) is 122 Å². The minimum absolute atomic E-state index is 0.0625. The Hall–Kier alpha value is -4.12. The van der Waals surface area contributed by atoms with Crippen molar-refractivity contribution < 1.29 is 52.2 Å². The molecule has 0 heterocycles. The monoisotopic (exact) mass is 1080 g/mol. The molecule has 0 radical (unpaired) electrons. The normalized spacial score (nSPS) is 14.2. The van der Waals surface area contributed by atoms with Crippen LogP contribution in [0.3, 0.4) is 0 Å². The molecule has 432 valence electrons. The summed E-state index contributed by atoms with van der Waals surface area (Å²) in [7, 11) is -4.79. The number of hydrogen-bond acceptors (Lipinski definition) is 10. The lowest BCUT2D eigenvalue weighted by molar-refractivity contribution is -0.161. The Labute approximate surface area is 462 Å². The minimum Gasteiger partial charge on any atom is -0.462 e. The zero-order valence-corrected chi connectivity index (χ0v) is 48.6. The Balaban J connectivity index is 4.86. The summed E-state index contributed by atoms with van der Waals surface area (Å²) in [5, 5.41) is 9.80. The zero-order chi connectivity index (χ0) is 55.5. The lowest BCUT2D eigenvalue weighted by Gasteiger charge is -2.21. The molecule has 0 fully saturated rings. The molecule has 0 aliphatic heterocycles. The number of ether oxygens (including phenoxy) is 3. The summed E-state index contributed by atoms with van der Waals surface area (Å²) in [6, 6.07) is 0. The number of aliphatic hydroxyl groups excluding tert-OH is 1. The van der Waals surface area contributed by atoms with Crippen molar-refractivity contribution in [2.75, 3.05) is 26.4 Å². The highest BCUT2D eigenvalue weighted by Crippen LogP contribution is 2.43. The van der Waals surface area contributed by atoms with E-state index in [9.17, 15) is 28.9 Å². The van der Waals surface area contributed by atoms with Gasteiger partial charge in [0.1, 0.15) is 12.7 Å². The van der Waals surface area contributed by atoms with Crippen LogP contribution in [0, 0.1) is 0 Å². The predicted molar refractivity (Wildman–Crippen MR) is 316 cm³/mol. The standard InChI is InChI=1S/C64H105O11P/c1-4-7-10-13-16-19-22-25-28-29-30-31-34-37-40-43-46-49-52-55-64(68)75-61(57-71-62(66)53-50-47-44-41-38-35-32-26-23-20-17-14-11-8-5-2)59-73-76(69,70)72-58-60(56-65)74-63(67)54-51-48-45-42-39-36-33-27-24-21-18-15-12-9-6-3/h9,12,16-21,25-28,30-33,39,42,48,51,60-61,65H,4-8,10-11,13-15,22-24,29,34-38,40-41,43-47,49-50,52-59H2,1-3H3,(H,69,70)/b12-9-,19-16-,20-17-,21-18-,28-25-,31-30-,32-26-,33-27-,42-39-,51-48-. The Bertz CT molecular complexity index is 1740. The first-order valence-corrected chi connectivity index (χ1v) is 30.9. The Morgan fingerprint density at radius 3 is 1.16 bits per heavy atom. The molecule has 0 amide bonds. The molecule has 12 heteroatoms. The van der Waals surface area contributed by atoms with Gasteiger partial charge in [0.05, 0.1) is 26.2 Å². The highest BCUT2D eigenvalue weighted by Gasteiger charge is 2.28. The molecule has 0 aliphatic rings. The Morgan fingerprint density at radius 1 is 0.395 bits per heavy atom. The van der Waals surface area contributed by atoms with Crippen molar-refractivity contribution in [2.24, 2.45) is 0 Å². The zero-order valence-electron chi connectivity index (χ0n) is 47.7. The van der Waals surface area contributed by atoms with Crippen LogP contribution in [-0.2, 0) is 42.2 Å². The van der Waals surface area contributed by atoms with Gasteiger partial charge >= 0.3 is 25.7 Å². The summed E-state index contributed by atoms with van der Waals surface area (Å²) in [6.45, 7) is 4.33. The quantitative estimate of drug-likeness (QED) is 0.0197. The second kappa shape index (κ2) is 57.1. The number of esters is 3. The second-order valence-corrected chi connectivity index (χ2v) is 20.5. The predicted octanol–water partition coefficient (Wildman–Crippen LogP) is 17.6. The summed E-state index contributed by atoms with van der Waals surface area (Å²) in [4.78, 5) is 48.5. The maximum Gasteiger partial charge on any atom is 0.472 e. The molecule has 0 saturated carbocycles. The van der Waals surface area contributed by atoms with E-state index >= 15 is 0 Å². The van der Waals surface area contributed by atoms with Crippen molar-refractivity contribution in [1.29, 1.82) is 0 Å². The molecule has 0 bridgehead atoms. The van der Waals surface area contributed by atoms with Crippen LogP contribution in [0.5, 0.6) is 0 Å². The van der Waals surface area contributed by atoms with Gasteiger partial charge in [-0.3, -0.25) is 23.4 Å². The van der Waals surface area contributed by atoms with Crippen LogP contribution in [0.25, 0.3) is 0 Å². The van der Waals surface area contributed by atoms with Crippen molar-refractivity contribution in [3.05, 3.63) is 122 Å². The van der Waals surface area contributed by atoms with Crippen LogP contribution < -0.4 is 0 Å². The third-order valence-corrected chi connectivity index (χ3v) is 12.8. The topological polar surface area (TPSA) is 155 Å². The number of allylic oxidation sites excluding steroid dienone is 19. The van der Waals surface area contributed by atoms with E-state index in [2.05, 4.69) is 118 Å². The molecule has 11 nitrogen and oxygen atoms in total. The molecular weight excluding hydrogens is 976 g/mol. The van der Waals surface area contributed by atoms with Crippen molar-refractivity contribution in [3.8, 4) is 0 Å². The lowest BCUT2D eigenvalue weighted by atomic mass is 10.1. The number of phosphoric acid groups is 1. The smallest absolute Gasteiger partial charge is 0.462 e. The number of rotatable bonds is 53. The summed E-state index contributed by atoms with van der Waals surface area (Å²) in [5.74, 6) is -1.64. The Kier molecular flexibility index (Phi) is 54.0.